The van der Waals surface area contributed by atoms with E-state index in [-0.39, 0.29) is 5.92 Å². The third kappa shape index (κ3) is 3.49. The molecule has 2 N–H and O–H groups in total. The second-order valence-corrected chi connectivity index (χ2v) is 5.16. The number of benzene rings is 1. The lowest BCUT2D eigenvalue weighted by Crippen LogP contribution is -2.03. The van der Waals surface area contributed by atoms with Crippen molar-refractivity contribution in [3.63, 3.8) is 0 Å². The zero-order valence-electron chi connectivity index (χ0n) is 10.5. The van der Waals surface area contributed by atoms with Crippen LogP contribution in [0, 0.1) is 0 Å². The van der Waals surface area contributed by atoms with Crippen LogP contribution in [0.5, 0.6) is 11.6 Å². The van der Waals surface area contributed by atoms with Gasteiger partial charge in [0, 0.05) is 23.1 Å². The fourth-order valence-corrected chi connectivity index (χ4v) is 1.76. The van der Waals surface area contributed by atoms with Gasteiger partial charge in [-0.25, -0.2) is 4.98 Å². The Hall–Kier alpha value is -1.52. The molecule has 0 saturated heterocycles. The average molecular weight is 298 g/mol. The van der Waals surface area contributed by atoms with Crippen LogP contribution < -0.4 is 10.5 Å². The lowest BCUT2D eigenvalue weighted by molar-refractivity contribution is 0.457. The Morgan fingerprint density at radius 3 is 2.58 bits per heavy atom. The number of hydrogen-bond donors (Lipinski definition) is 1. The molecule has 0 spiro atoms. The van der Waals surface area contributed by atoms with Crippen molar-refractivity contribution in [3.8, 4) is 11.6 Å². The summed E-state index contributed by atoms with van der Waals surface area (Å²) in [5.74, 6) is 1.91. The maximum Gasteiger partial charge on any atom is 0.224 e. The minimum absolute atomic E-state index is 0.153. The summed E-state index contributed by atoms with van der Waals surface area (Å²) in [6.45, 7) is 3.95. The highest BCUT2D eigenvalue weighted by atomic mass is 35.5. The Kier molecular flexibility index (Phi) is 4.12. The van der Waals surface area contributed by atoms with Crippen molar-refractivity contribution >= 4 is 29.0 Å². The standard InChI is InChI=1S/C13H13Cl2N3O/c1-7(2)13-17-11(16)6-12(18-13)19-10-5-8(14)3-4-9(10)15/h3-7H,1-2H3,(H2,16,17,18). The van der Waals surface area contributed by atoms with Gasteiger partial charge in [0.05, 0.1) is 5.02 Å². The fraction of sp³-hybridized carbons (Fsp3) is 0.231. The molecule has 6 heteroatoms. The number of nitrogen functional groups attached to an aromatic ring is 1. The Labute approximate surface area is 121 Å². The minimum atomic E-state index is 0.153. The van der Waals surface area contributed by atoms with E-state index in [4.69, 9.17) is 33.7 Å². The lowest BCUT2D eigenvalue weighted by Gasteiger charge is -2.10. The largest absolute Gasteiger partial charge is 0.437 e. The minimum Gasteiger partial charge on any atom is -0.437 e. The highest BCUT2D eigenvalue weighted by Crippen LogP contribution is 2.31. The van der Waals surface area contributed by atoms with Crippen LogP contribution in [0.1, 0.15) is 25.6 Å². The second kappa shape index (κ2) is 5.63. The van der Waals surface area contributed by atoms with Crippen LogP contribution >= 0.6 is 23.2 Å². The highest BCUT2D eigenvalue weighted by molar-refractivity contribution is 6.34. The van der Waals surface area contributed by atoms with Gasteiger partial charge in [0.15, 0.2) is 0 Å². The molecule has 0 unspecified atom stereocenters. The summed E-state index contributed by atoms with van der Waals surface area (Å²) >= 11 is 11.9. The van der Waals surface area contributed by atoms with Gasteiger partial charge in [-0.1, -0.05) is 37.0 Å². The molecule has 0 radical (unpaired) electrons. The molecule has 19 heavy (non-hydrogen) atoms. The molecule has 0 aliphatic rings. The van der Waals surface area contributed by atoms with Gasteiger partial charge in [-0.15, -0.1) is 0 Å². The first-order valence-corrected chi connectivity index (χ1v) is 6.48. The zero-order chi connectivity index (χ0) is 14.0. The van der Waals surface area contributed by atoms with Crippen molar-refractivity contribution < 1.29 is 4.74 Å². The maximum absolute atomic E-state index is 6.03. The fourth-order valence-electron chi connectivity index (χ4n) is 1.44. The third-order valence-electron chi connectivity index (χ3n) is 2.36. The number of hydrogen-bond acceptors (Lipinski definition) is 4. The molecule has 0 bridgehead atoms. The molecule has 1 aromatic carbocycles. The Morgan fingerprint density at radius 2 is 1.89 bits per heavy atom. The quantitative estimate of drug-likeness (QED) is 0.918. The van der Waals surface area contributed by atoms with E-state index >= 15 is 0 Å². The van der Waals surface area contributed by atoms with E-state index in [1.54, 1.807) is 24.3 Å². The van der Waals surface area contributed by atoms with Gasteiger partial charge in [0.2, 0.25) is 5.88 Å². The summed E-state index contributed by atoms with van der Waals surface area (Å²) in [4.78, 5) is 8.43. The first kappa shape index (κ1) is 13.9. The van der Waals surface area contributed by atoms with Crippen LogP contribution in [-0.4, -0.2) is 9.97 Å². The van der Waals surface area contributed by atoms with Crippen LogP contribution in [0.4, 0.5) is 5.82 Å². The maximum atomic E-state index is 6.03. The van der Waals surface area contributed by atoms with Gasteiger partial charge in [-0.05, 0) is 12.1 Å². The smallest absolute Gasteiger partial charge is 0.224 e. The third-order valence-corrected chi connectivity index (χ3v) is 2.91. The molecule has 0 amide bonds. The van der Waals surface area contributed by atoms with E-state index in [9.17, 15) is 0 Å². The highest BCUT2D eigenvalue weighted by Gasteiger charge is 2.10. The van der Waals surface area contributed by atoms with Gasteiger partial charge in [0.25, 0.3) is 0 Å². The second-order valence-electron chi connectivity index (χ2n) is 4.32. The lowest BCUT2D eigenvalue weighted by atomic mass is 10.2. The van der Waals surface area contributed by atoms with Gasteiger partial charge in [0.1, 0.15) is 17.4 Å². The van der Waals surface area contributed by atoms with E-state index in [1.165, 1.54) is 0 Å². The number of nitrogens with zero attached hydrogens (tertiary/aromatic N) is 2. The summed E-state index contributed by atoms with van der Waals surface area (Å²) in [7, 11) is 0. The van der Waals surface area contributed by atoms with E-state index < -0.39 is 0 Å². The first-order chi connectivity index (χ1) is 8.95. The topological polar surface area (TPSA) is 61.0 Å². The van der Waals surface area contributed by atoms with Crippen LogP contribution in [0.25, 0.3) is 0 Å². The molecular formula is C13H13Cl2N3O. The number of nitrogens with two attached hydrogens (primary N) is 1. The van der Waals surface area contributed by atoms with Crippen molar-refractivity contribution in [3.05, 3.63) is 40.1 Å². The summed E-state index contributed by atoms with van der Waals surface area (Å²) in [6, 6.07) is 6.51. The molecule has 0 atom stereocenters. The molecule has 100 valence electrons. The molecule has 0 aliphatic carbocycles. The van der Waals surface area contributed by atoms with Gasteiger partial charge in [-0.2, -0.15) is 4.98 Å². The summed E-state index contributed by atoms with van der Waals surface area (Å²) in [5, 5.41) is 0.984. The molecule has 4 nitrogen and oxygen atoms in total. The Bertz CT molecular complexity index is 602. The number of ether oxygens (including phenoxy) is 1. The first-order valence-electron chi connectivity index (χ1n) is 5.73. The van der Waals surface area contributed by atoms with E-state index in [2.05, 4.69) is 9.97 Å². The molecular weight excluding hydrogens is 285 g/mol. The average Bonchev–Trinajstić information content (AvgIpc) is 2.33. The number of aromatic nitrogens is 2. The van der Waals surface area contributed by atoms with Crippen LogP contribution in [0.2, 0.25) is 10.0 Å². The molecule has 2 aromatic rings. The molecule has 1 heterocycles. The van der Waals surface area contributed by atoms with Crippen LogP contribution in [-0.2, 0) is 0 Å². The zero-order valence-corrected chi connectivity index (χ0v) is 12.0. The van der Waals surface area contributed by atoms with Crippen molar-refractivity contribution in [2.45, 2.75) is 19.8 Å². The van der Waals surface area contributed by atoms with Gasteiger partial charge >= 0.3 is 0 Å². The summed E-state index contributed by atoms with van der Waals surface area (Å²) < 4.78 is 5.61. The number of anilines is 1. The van der Waals surface area contributed by atoms with Crippen LogP contribution in [0.3, 0.4) is 0 Å². The summed E-state index contributed by atoms with van der Waals surface area (Å²) in [5.41, 5.74) is 5.73. The molecule has 2 rings (SSSR count). The summed E-state index contributed by atoms with van der Waals surface area (Å²) in [6.07, 6.45) is 0. The normalized spacial score (nSPS) is 10.8. The Morgan fingerprint density at radius 1 is 1.16 bits per heavy atom. The van der Waals surface area contributed by atoms with Crippen molar-refractivity contribution in [2.75, 3.05) is 5.73 Å². The van der Waals surface area contributed by atoms with Gasteiger partial charge < -0.3 is 10.5 Å². The molecule has 0 fully saturated rings. The Balaban J connectivity index is 2.35. The predicted molar refractivity (Wildman–Crippen MR) is 77.1 cm³/mol. The van der Waals surface area contributed by atoms with Crippen molar-refractivity contribution in [2.24, 2.45) is 0 Å². The number of rotatable bonds is 3. The number of halogens is 2. The molecule has 0 saturated carbocycles. The van der Waals surface area contributed by atoms with Gasteiger partial charge in [-0.3, -0.25) is 0 Å². The van der Waals surface area contributed by atoms with E-state index in [1.807, 2.05) is 13.8 Å². The van der Waals surface area contributed by atoms with E-state index in [0.29, 0.717) is 33.3 Å². The SMILES string of the molecule is CC(C)c1nc(N)cc(Oc2cc(Cl)ccc2Cl)n1. The molecule has 0 aliphatic heterocycles. The predicted octanol–water partition coefficient (Wildman–Crippen LogP) is 4.28. The monoisotopic (exact) mass is 297 g/mol. The van der Waals surface area contributed by atoms with Crippen molar-refractivity contribution in [1.82, 2.24) is 9.97 Å². The molecule has 1 aromatic heterocycles. The van der Waals surface area contributed by atoms with E-state index in [0.717, 1.165) is 0 Å². The van der Waals surface area contributed by atoms with Crippen LogP contribution in [0.15, 0.2) is 24.3 Å². The van der Waals surface area contributed by atoms with Crippen molar-refractivity contribution in [1.29, 1.82) is 0 Å².